The maximum Gasteiger partial charge on any atom is 0.338 e. The van der Waals surface area contributed by atoms with Gasteiger partial charge < -0.3 is 24.2 Å². The summed E-state index contributed by atoms with van der Waals surface area (Å²) in [6.07, 6.45) is 1.80. The highest BCUT2D eigenvalue weighted by Crippen LogP contribution is 2.27. The Balaban J connectivity index is 1.73. The number of esters is 1. The van der Waals surface area contributed by atoms with E-state index in [9.17, 15) is 4.79 Å². The van der Waals surface area contributed by atoms with E-state index in [2.05, 4.69) is 21.2 Å². The van der Waals surface area contributed by atoms with E-state index < -0.39 is 0 Å². The molecule has 0 amide bonds. The van der Waals surface area contributed by atoms with Crippen LogP contribution in [0.4, 0.5) is 0 Å². The van der Waals surface area contributed by atoms with Gasteiger partial charge in [-0.05, 0) is 62.7 Å². The van der Waals surface area contributed by atoms with Gasteiger partial charge in [0.2, 0.25) is 0 Å². The van der Waals surface area contributed by atoms with Gasteiger partial charge in [0, 0.05) is 22.6 Å². The van der Waals surface area contributed by atoms with Crippen LogP contribution in [0.1, 0.15) is 39.8 Å². The van der Waals surface area contributed by atoms with Gasteiger partial charge in [0.25, 0.3) is 0 Å². The zero-order chi connectivity index (χ0) is 23.1. The Labute approximate surface area is 188 Å². The van der Waals surface area contributed by atoms with Gasteiger partial charge in [0.05, 0.1) is 39.1 Å². The number of nitrogens with zero attached hydrogens (tertiary/aromatic N) is 2. The fourth-order valence-electron chi connectivity index (χ4n) is 3.54. The summed E-state index contributed by atoms with van der Waals surface area (Å²) in [4.78, 5) is 12.1. The van der Waals surface area contributed by atoms with Gasteiger partial charge in [-0.15, -0.1) is 0 Å². The predicted molar refractivity (Wildman–Crippen MR) is 125 cm³/mol. The average Bonchev–Trinajstić information content (AvgIpc) is 3.09. The van der Waals surface area contributed by atoms with Crippen LogP contribution in [0.5, 0.6) is 11.5 Å². The molecule has 3 aromatic rings. The molecule has 0 atom stereocenters. The Bertz CT molecular complexity index is 1120. The van der Waals surface area contributed by atoms with Crippen molar-refractivity contribution in [1.29, 1.82) is 0 Å². The number of hydrogen-bond donors (Lipinski definition) is 1. The predicted octanol–water partition coefficient (Wildman–Crippen LogP) is 4.41. The lowest BCUT2D eigenvalue weighted by molar-refractivity contribution is 0.0526. The molecule has 0 saturated carbocycles. The smallest absolute Gasteiger partial charge is 0.338 e. The van der Waals surface area contributed by atoms with E-state index in [1.807, 2.05) is 50.2 Å². The molecule has 0 unspecified atom stereocenters. The fourth-order valence-corrected chi connectivity index (χ4v) is 3.54. The summed E-state index contributed by atoms with van der Waals surface area (Å²) < 4.78 is 17.8. The van der Waals surface area contributed by atoms with Crippen LogP contribution in [-0.4, -0.2) is 37.6 Å². The zero-order valence-corrected chi connectivity index (χ0v) is 19.1. The number of hydrogen-bond acceptors (Lipinski definition) is 6. The first kappa shape index (κ1) is 22.9. The molecule has 7 nitrogen and oxygen atoms in total. The Morgan fingerprint density at radius 2 is 1.84 bits per heavy atom. The number of carbonyl (C=O) groups is 1. The molecule has 0 saturated heterocycles. The Hall–Kier alpha value is -3.74. The number of methoxy groups -OCH3 is 2. The highest BCUT2D eigenvalue weighted by Gasteiger charge is 2.12. The van der Waals surface area contributed by atoms with Gasteiger partial charge in [-0.3, -0.25) is 0 Å². The molecule has 0 spiro atoms. The molecular weight excluding hydrogens is 406 g/mol. The van der Waals surface area contributed by atoms with Crippen molar-refractivity contribution in [2.75, 3.05) is 20.8 Å². The molecule has 1 heterocycles. The number of rotatable bonds is 9. The van der Waals surface area contributed by atoms with E-state index in [-0.39, 0.29) is 5.97 Å². The van der Waals surface area contributed by atoms with Crippen molar-refractivity contribution in [2.24, 2.45) is 5.10 Å². The number of carbonyl (C=O) groups excluding carboxylic acids is 1. The monoisotopic (exact) mass is 435 g/mol. The SMILES string of the molecule is CCOC(=O)c1cccc(-n2c(C)cc(/C=N/NCc3ccc(OC)c(OC)c3)c2C)c1. The van der Waals surface area contributed by atoms with Crippen LogP contribution in [-0.2, 0) is 11.3 Å². The maximum atomic E-state index is 12.1. The average molecular weight is 436 g/mol. The molecule has 0 radical (unpaired) electrons. The lowest BCUT2D eigenvalue weighted by Crippen LogP contribution is -2.07. The largest absolute Gasteiger partial charge is 0.493 e. The summed E-state index contributed by atoms with van der Waals surface area (Å²) in [5, 5.41) is 4.38. The summed E-state index contributed by atoms with van der Waals surface area (Å²) in [7, 11) is 3.23. The number of aromatic nitrogens is 1. The summed E-state index contributed by atoms with van der Waals surface area (Å²) >= 11 is 0. The third-order valence-corrected chi connectivity index (χ3v) is 5.11. The third-order valence-electron chi connectivity index (χ3n) is 5.11. The maximum absolute atomic E-state index is 12.1. The lowest BCUT2D eigenvalue weighted by atomic mass is 10.2. The second-order valence-corrected chi connectivity index (χ2v) is 7.22. The van der Waals surface area contributed by atoms with Gasteiger partial charge in [-0.1, -0.05) is 12.1 Å². The van der Waals surface area contributed by atoms with Gasteiger partial charge in [0.1, 0.15) is 0 Å². The number of benzene rings is 2. The van der Waals surface area contributed by atoms with Gasteiger partial charge in [0.15, 0.2) is 11.5 Å². The molecule has 3 rings (SSSR count). The van der Waals surface area contributed by atoms with Crippen molar-refractivity contribution >= 4 is 12.2 Å². The van der Waals surface area contributed by atoms with Crippen LogP contribution < -0.4 is 14.9 Å². The van der Waals surface area contributed by atoms with E-state index in [4.69, 9.17) is 14.2 Å². The molecule has 0 aliphatic heterocycles. The summed E-state index contributed by atoms with van der Waals surface area (Å²) in [6, 6.07) is 15.3. The van der Waals surface area contributed by atoms with Gasteiger partial charge >= 0.3 is 5.97 Å². The lowest BCUT2D eigenvalue weighted by Gasteiger charge is -2.11. The Kier molecular flexibility index (Phi) is 7.54. The summed E-state index contributed by atoms with van der Waals surface area (Å²) in [5.41, 5.74) is 8.61. The van der Waals surface area contributed by atoms with E-state index in [0.29, 0.717) is 30.2 Å². The highest BCUT2D eigenvalue weighted by molar-refractivity contribution is 5.90. The standard InChI is InChI=1S/C25H29N3O4/c1-6-32-25(29)20-8-7-9-22(14-20)28-17(2)12-21(18(28)3)16-27-26-15-19-10-11-23(30-4)24(13-19)31-5/h7-14,16,26H,6,15H2,1-5H3/b27-16+. The van der Waals surface area contributed by atoms with Crippen LogP contribution in [0.3, 0.4) is 0 Å². The molecule has 0 aliphatic rings. The molecule has 0 bridgehead atoms. The molecular formula is C25H29N3O4. The number of nitrogens with one attached hydrogen (secondary N) is 1. The van der Waals surface area contributed by atoms with Crippen molar-refractivity contribution in [2.45, 2.75) is 27.3 Å². The van der Waals surface area contributed by atoms with E-state index in [1.165, 1.54) is 0 Å². The van der Waals surface area contributed by atoms with Gasteiger partial charge in [-0.2, -0.15) is 5.10 Å². The Morgan fingerprint density at radius 1 is 1.06 bits per heavy atom. The summed E-state index contributed by atoms with van der Waals surface area (Å²) in [5.74, 6) is 1.06. The fraction of sp³-hybridized carbons (Fsp3) is 0.280. The van der Waals surface area contributed by atoms with Crippen molar-refractivity contribution in [3.05, 3.63) is 76.6 Å². The number of aryl methyl sites for hydroxylation is 1. The molecule has 0 fully saturated rings. The minimum atomic E-state index is -0.321. The van der Waals surface area contributed by atoms with Crippen LogP contribution in [0.25, 0.3) is 5.69 Å². The van der Waals surface area contributed by atoms with E-state index in [0.717, 1.165) is 28.2 Å². The number of ether oxygens (including phenoxy) is 3. The van der Waals surface area contributed by atoms with Crippen LogP contribution in [0.2, 0.25) is 0 Å². The van der Waals surface area contributed by atoms with Crippen molar-refractivity contribution in [3.63, 3.8) is 0 Å². The quantitative estimate of drug-likeness (QED) is 0.306. The molecule has 32 heavy (non-hydrogen) atoms. The molecule has 168 valence electrons. The van der Waals surface area contributed by atoms with Crippen molar-refractivity contribution in [3.8, 4) is 17.2 Å². The number of hydrazone groups is 1. The second-order valence-electron chi connectivity index (χ2n) is 7.22. The normalized spacial score (nSPS) is 10.9. The topological polar surface area (TPSA) is 74.1 Å². The van der Waals surface area contributed by atoms with Crippen LogP contribution in [0, 0.1) is 13.8 Å². The molecule has 2 aromatic carbocycles. The third kappa shape index (κ3) is 5.11. The minimum Gasteiger partial charge on any atom is -0.493 e. The molecule has 1 N–H and O–H groups in total. The van der Waals surface area contributed by atoms with E-state index >= 15 is 0 Å². The Morgan fingerprint density at radius 3 is 2.56 bits per heavy atom. The molecule has 7 heteroatoms. The van der Waals surface area contributed by atoms with Crippen LogP contribution in [0.15, 0.2) is 53.6 Å². The van der Waals surface area contributed by atoms with Crippen molar-refractivity contribution in [1.82, 2.24) is 9.99 Å². The molecule has 0 aliphatic carbocycles. The zero-order valence-electron chi connectivity index (χ0n) is 19.1. The minimum absolute atomic E-state index is 0.321. The first-order chi connectivity index (χ1) is 15.5. The molecule has 1 aromatic heterocycles. The van der Waals surface area contributed by atoms with Crippen LogP contribution >= 0.6 is 0 Å². The first-order valence-corrected chi connectivity index (χ1v) is 10.4. The van der Waals surface area contributed by atoms with Crippen molar-refractivity contribution < 1.29 is 19.0 Å². The second kappa shape index (κ2) is 10.5. The summed E-state index contributed by atoms with van der Waals surface area (Å²) in [6.45, 7) is 6.75. The first-order valence-electron chi connectivity index (χ1n) is 10.4. The van der Waals surface area contributed by atoms with E-state index in [1.54, 1.807) is 33.4 Å². The van der Waals surface area contributed by atoms with Gasteiger partial charge in [-0.25, -0.2) is 4.79 Å². The highest BCUT2D eigenvalue weighted by atomic mass is 16.5.